The number of thioether (sulfide) groups is 1. The summed E-state index contributed by atoms with van der Waals surface area (Å²) in [7, 11) is 0. The van der Waals surface area contributed by atoms with E-state index in [2.05, 4.69) is 15.9 Å². The lowest BCUT2D eigenvalue weighted by Crippen LogP contribution is -1.99. The lowest BCUT2D eigenvalue weighted by Gasteiger charge is -2.08. The van der Waals surface area contributed by atoms with Crippen molar-refractivity contribution in [3.63, 3.8) is 0 Å². The van der Waals surface area contributed by atoms with E-state index in [1.165, 1.54) is 30.0 Å². The highest BCUT2D eigenvalue weighted by Gasteiger charge is 2.13. The molecule has 0 fully saturated rings. The van der Waals surface area contributed by atoms with E-state index < -0.39 is 11.8 Å². The number of carboxylic acid groups (broad SMARTS) is 1. The standard InChI is InChI=1S/C14H9BrClFO2S/c15-8-4-5-9(14(18)19)13(6-8)20-7-10-11(16)2-1-3-12(10)17/h1-6H,7H2,(H,18,19). The Bertz CT molecular complexity index is 643. The molecular formula is C14H9BrClFO2S. The first kappa shape index (κ1) is 15.4. The zero-order valence-corrected chi connectivity index (χ0v) is 13.2. The summed E-state index contributed by atoms with van der Waals surface area (Å²) in [5.41, 5.74) is 0.557. The largest absolute Gasteiger partial charge is 0.478 e. The van der Waals surface area contributed by atoms with Crippen LogP contribution < -0.4 is 0 Å². The van der Waals surface area contributed by atoms with E-state index >= 15 is 0 Å². The lowest BCUT2D eigenvalue weighted by molar-refractivity contribution is 0.0693. The molecule has 2 aromatic carbocycles. The maximum absolute atomic E-state index is 13.7. The van der Waals surface area contributed by atoms with Gasteiger partial charge in [0.2, 0.25) is 0 Å². The van der Waals surface area contributed by atoms with Gasteiger partial charge < -0.3 is 5.11 Å². The summed E-state index contributed by atoms with van der Waals surface area (Å²) < 4.78 is 14.4. The van der Waals surface area contributed by atoms with Gasteiger partial charge >= 0.3 is 5.97 Å². The average molecular weight is 376 g/mol. The first-order valence-corrected chi connectivity index (χ1v) is 7.73. The van der Waals surface area contributed by atoms with E-state index in [9.17, 15) is 9.18 Å². The topological polar surface area (TPSA) is 37.3 Å². The highest BCUT2D eigenvalue weighted by Crippen LogP contribution is 2.32. The second-order valence-corrected chi connectivity index (χ2v) is 6.27. The van der Waals surface area contributed by atoms with Crippen LogP contribution in [0, 0.1) is 5.82 Å². The Morgan fingerprint density at radius 2 is 2.10 bits per heavy atom. The Labute approximate surface area is 133 Å². The van der Waals surface area contributed by atoms with Gasteiger partial charge in [0, 0.05) is 25.7 Å². The third-order valence-electron chi connectivity index (χ3n) is 2.61. The molecule has 104 valence electrons. The highest BCUT2D eigenvalue weighted by molar-refractivity contribution is 9.10. The van der Waals surface area contributed by atoms with Crippen molar-refractivity contribution in [2.24, 2.45) is 0 Å². The monoisotopic (exact) mass is 374 g/mol. The molecule has 0 atom stereocenters. The zero-order valence-electron chi connectivity index (χ0n) is 10.1. The Balaban J connectivity index is 2.27. The number of benzene rings is 2. The van der Waals surface area contributed by atoms with Crippen LogP contribution in [0.2, 0.25) is 5.02 Å². The van der Waals surface area contributed by atoms with Crippen LogP contribution in [-0.4, -0.2) is 11.1 Å². The molecule has 0 spiro atoms. The summed E-state index contributed by atoms with van der Waals surface area (Å²) in [6.07, 6.45) is 0. The molecule has 6 heteroatoms. The second-order valence-electron chi connectivity index (χ2n) is 3.93. The Kier molecular flexibility index (Phi) is 5.07. The van der Waals surface area contributed by atoms with E-state index in [0.29, 0.717) is 15.5 Å². The van der Waals surface area contributed by atoms with Crippen LogP contribution >= 0.6 is 39.3 Å². The van der Waals surface area contributed by atoms with Crippen LogP contribution in [0.3, 0.4) is 0 Å². The minimum atomic E-state index is -1.01. The molecule has 0 aliphatic carbocycles. The number of rotatable bonds is 4. The van der Waals surface area contributed by atoms with E-state index in [1.807, 2.05) is 0 Å². The molecule has 0 saturated carbocycles. The van der Waals surface area contributed by atoms with Crippen LogP contribution in [-0.2, 0) is 5.75 Å². The molecular weight excluding hydrogens is 367 g/mol. The summed E-state index contributed by atoms with van der Waals surface area (Å²) in [6, 6.07) is 9.35. The van der Waals surface area contributed by atoms with Gasteiger partial charge in [0.25, 0.3) is 0 Å². The van der Waals surface area contributed by atoms with E-state index in [4.69, 9.17) is 16.7 Å². The van der Waals surface area contributed by atoms with Crippen LogP contribution in [0.4, 0.5) is 4.39 Å². The van der Waals surface area contributed by atoms with Gasteiger partial charge in [-0.2, -0.15) is 0 Å². The summed E-state index contributed by atoms with van der Waals surface area (Å²) in [6.45, 7) is 0. The molecule has 0 heterocycles. The smallest absolute Gasteiger partial charge is 0.336 e. The minimum absolute atomic E-state index is 0.186. The Hall–Kier alpha value is -1.04. The fourth-order valence-electron chi connectivity index (χ4n) is 1.61. The first-order valence-electron chi connectivity index (χ1n) is 5.57. The summed E-state index contributed by atoms with van der Waals surface area (Å²) in [5, 5.41) is 9.47. The summed E-state index contributed by atoms with van der Waals surface area (Å²) >= 11 is 10.5. The van der Waals surface area contributed by atoms with E-state index in [-0.39, 0.29) is 11.3 Å². The first-order chi connectivity index (χ1) is 9.49. The Morgan fingerprint density at radius 1 is 1.35 bits per heavy atom. The molecule has 1 N–H and O–H groups in total. The van der Waals surface area contributed by atoms with Gasteiger partial charge in [0.15, 0.2) is 0 Å². The summed E-state index contributed by atoms with van der Waals surface area (Å²) in [4.78, 5) is 11.7. The molecule has 0 amide bonds. The fourth-order valence-corrected chi connectivity index (χ4v) is 3.55. The van der Waals surface area contributed by atoms with Gasteiger partial charge in [-0.1, -0.05) is 33.6 Å². The molecule has 0 bridgehead atoms. The van der Waals surface area contributed by atoms with Gasteiger partial charge in [-0.25, -0.2) is 9.18 Å². The van der Waals surface area contributed by atoms with Gasteiger partial charge in [0.05, 0.1) is 5.56 Å². The van der Waals surface area contributed by atoms with E-state index in [0.717, 1.165) is 4.47 Å². The van der Waals surface area contributed by atoms with Crippen molar-refractivity contribution < 1.29 is 14.3 Å². The number of hydrogen-bond donors (Lipinski definition) is 1. The molecule has 2 nitrogen and oxygen atoms in total. The van der Waals surface area contributed by atoms with Crippen LogP contribution in [0.1, 0.15) is 15.9 Å². The predicted octanol–water partition coefficient (Wildman–Crippen LogP) is 5.23. The van der Waals surface area contributed by atoms with Crippen molar-refractivity contribution in [1.29, 1.82) is 0 Å². The van der Waals surface area contributed by atoms with Crippen LogP contribution in [0.15, 0.2) is 45.8 Å². The van der Waals surface area contributed by atoms with Gasteiger partial charge in [-0.15, -0.1) is 11.8 Å². The third-order valence-corrected chi connectivity index (χ3v) is 4.54. The minimum Gasteiger partial charge on any atom is -0.478 e. The van der Waals surface area contributed by atoms with Crippen molar-refractivity contribution in [3.05, 3.63) is 62.8 Å². The molecule has 2 aromatic rings. The molecule has 0 aliphatic rings. The molecule has 0 radical (unpaired) electrons. The summed E-state index contributed by atoms with van der Waals surface area (Å²) in [5.74, 6) is -1.14. The number of aromatic carboxylic acids is 1. The lowest BCUT2D eigenvalue weighted by atomic mass is 10.2. The maximum atomic E-state index is 13.7. The van der Waals surface area contributed by atoms with Crippen LogP contribution in [0.25, 0.3) is 0 Å². The molecule has 0 saturated heterocycles. The second kappa shape index (κ2) is 6.61. The van der Waals surface area contributed by atoms with E-state index in [1.54, 1.807) is 18.2 Å². The number of halogens is 3. The van der Waals surface area contributed by atoms with Gasteiger partial charge in [-0.3, -0.25) is 0 Å². The Morgan fingerprint density at radius 3 is 2.75 bits per heavy atom. The normalized spacial score (nSPS) is 10.6. The van der Waals surface area contributed by atoms with Crippen molar-refractivity contribution in [2.75, 3.05) is 0 Å². The zero-order chi connectivity index (χ0) is 14.7. The van der Waals surface area contributed by atoms with Crippen molar-refractivity contribution in [2.45, 2.75) is 10.6 Å². The molecule has 0 aromatic heterocycles. The number of hydrogen-bond acceptors (Lipinski definition) is 2. The maximum Gasteiger partial charge on any atom is 0.336 e. The number of carboxylic acids is 1. The van der Waals surface area contributed by atoms with Crippen molar-refractivity contribution >= 4 is 45.3 Å². The van der Waals surface area contributed by atoms with Gasteiger partial charge in [-0.05, 0) is 30.3 Å². The third kappa shape index (κ3) is 3.53. The molecule has 0 aliphatic heterocycles. The highest BCUT2D eigenvalue weighted by atomic mass is 79.9. The van der Waals surface area contributed by atoms with Crippen LogP contribution in [0.5, 0.6) is 0 Å². The SMILES string of the molecule is O=C(O)c1ccc(Br)cc1SCc1c(F)cccc1Cl. The molecule has 2 rings (SSSR count). The van der Waals surface area contributed by atoms with Gasteiger partial charge in [0.1, 0.15) is 5.82 Å². The van der Waals surface area contributed by atoms with Crippen molar-refractivity contribution in [1.82, 2.24) is 0 Å². The average Bonchev–Trinajstić information content (AvgIpc) is 2.37. The molecule has 20 heavy (non-hydrogen) atoms. The fraction of sp³-hybridized carbons (Fsp3) is 0.0714. The quantitative estimate of drug-likeness (QED) is 0.743. The van der Waals surface area contributed by atoms with Crippen molar-refractivity contribution in [3.8, 4) is 0 Å². The number of carbonyl (C=O) groups is 1. The molecule has 0 unspecified atom stereocenters. The predicted molar refractivity (Wildman–Crippen MR) is 82.1 cm³/mol.